The van der Waals surface area contributed by atoms with Crippen LogP contribution in [0.5, 0.6) is 0 Å². The highest BCUT2D eigenvalue weighted by molar-refractivity contribution is 9.10. The van der Waals surface area contributed by atoms with E-state index in [9.17, 15) is 14.4 Å². The van der Waals surface area contributed by atoms with Crippen molar-refractivity contribution in [2.45, 2.75) is 30.6 Å². The molecule has 1 amide bonds. The fourth-order valence-corrected chi connectivity index (χ4v) is 5.46. The van der Waals surface area contributed by atoms with Crippen LogP contribution in [-0.4, -0.2) is 46.2 Å². The number of halogens is 1. The molecule has 1 unspecified atom stereocenters. The van der Waals surface area contributed by atoms with E-state index >= 15 is 0 Å². The summed E-state index contributed by atoms with van der Waals surface area (Å²) in [5, 5.41) is 3.91. The van der Waals surface area contributed by atoms with Crippen molar-refractivity contribution in [2.24, 2.45) is 0 Å². The third-order valence-corrected chi connectivity index (χ3v) is 7.90. The highest BCUT2D eigenvalue weighted by Gasteiger charge is 2.17. The SMILES string of the molecule is O=C(CSc1nc2ccccc2c(=O)n1Cc1ccc(C(=O)NCC2CCCO2)cc1)c1ccc(Br)cc1. The van der Waals surface area contributed by atoms with Gasteiger partial charge in [0, 0.05) is 28.8 Å². The van der Waals surface area contributed by atoms with Gasteiger partial charge in [0.25, 0.3) is 11.5 Å². The molecule has 2 heterocycles. The van der Waals surface area contributed by atoms with E-state index in [0.29, 0.717) is 33.7 Å². The number of aromatic nitrogens is 2. The van der Waals surface area contributed by atoms with Crippen molar-refractivity contribution in [3.8, 4) is 0 Å². The van der Waals surface area contributed by atoms with Crippen molar-refractivity contribution in [3.63, 3.8) is 0 Å². The Morgan fingerprint density at radius 3 is 2.50 bits per heavy atom. The number of ketones is 1. The number of Topliss-reactive ketones (excluding diaryl/α,β-unsaturated/α-hetero) is 1. The third-order valence-electron chi connectivity index (χ3n) is 6.40. The lowest BCUT2D eigenvalue weighted by Crippen LogP contribution is -2.31. The van der Waals surface area contributed by atoms with Crippen molar-refractivity contribution in [3.05, 3.63) is 104 Å². The molecule has 38 heavy (non-hydrogen) atoms. The zero-order valence-electron chi connectivity index (χ0n) is 20.6. The summed E-state index contributed by atoms with van der Waals surface area (Å²) >= 11 is 4.63. The molecule has 0 aliphatic carbocycles. The number of carbonyl (C=O) groups is 2. The Balaban J connectivity index is 1.34. The Morgan fingerprint density at radius 2 is 1.76 bits per heavy atom. The molecule has 1 aromatic heterocycles. The summed E-state index contributed by atoms with van der Waals surface area (Å²) in [6.45, 7) is 1.51. The van der Waals surface area contributed by atoms with Gasteiger partial charge < -0.3 is 10.1 Å². The molecule has 3 aromatic carbocycles. The first-order chi connectivity index (χ1) is 18.5. The Morgan fingerprint density at radius 1 is 1.03 bits per heavy atom. The van der Waals surface area contributed by atoms with Crippen LogP contribution < -0.4 is 10.9 Å². The quantitative estimate of drug-likeness (QED) is 0.166. The van der Waals surface area contributed by atoms with Crippen LogP contribution in [0.15, 0.2) is 87.2 Å². The number of ether oxygens (including phenoxy) is 1. The second kappa shape index (κ2) is 12.1. The number of fused-ring (bicyclic) bond motifs is 1. The topological polar surface area (TPSA) is 90.3 Å². The Kier molecular flexibility index (Phi) is 8.36. The first-order valence-corrected chi connectivity index (χ1v) is 14.2. The van der Waals surface area contributed by atoms with Crippen LogP contribution in [0.1, 0.15) is 39.1 Å². The number of amides is 1. The fraction of sp³-hybridized carbons (Fsp3) is 0.241. The molecular weight excluding hydrogens is 566 g/mol. The molecule has 1 atom stereocenters. The van der Waals surface area contributed by atoms with Crippen molar-refractivity contribution in [1.29, 1.82) is 0 Å². The van der Waals surface area contributed by atoms with Crippen molar-refractivity contribution >= 4 is 50.3 Å². The molecule has 0 spiro atoms. The average Bonchev–Trinajstić information content (AvgIpc) is 3.47. The molecule has 0 radical (unpaired) electrons. The highest BCUT2D eigenvalue weighted by Crippen LogP contribution is 2.21. The molecule has 1 aliphatic rings. The summed E-state index contributed by atoms with van der Waals surface area (Å²) in [5.41, 5.74) is 2.41. The number of hydrogen-bond donors (Lipinski definition) is 1. The number of nitrogens with zero attached hydrogens (tertiary/aromatic N) is 2. The van der Waals surface area contributed by atoms with Gasteiger partial charge in [0.2, 0.25) is 0 Å². The van der Waals surface area contributed by atoms with E-state index in [1.165, 1.54) is 11.8 Å². The predicted octanol–water partition coefficient (Wildman–Crippen LogP) is 5.09. The van der Waals surface area contributed by atoms with E-state index in [1.54, 1.807) is 41.0 Å². The molecule has 1 aliphatic heterocycles. The van der Waals surface area contributed by atoms with Crippen molar-refractivity contribution in [1.82, 2.24) is 14.9 Å². The summed E-state index contributed by atoms with van der Waals surface area (Å²) < 4.78 is 8.06. The fourth-order valence-electron chi connectivity index (χ4n) is 4.30. The molecule has 1 N–H and O–H groups in total. The van der Waals surface area contributed by atoms with Gasteiger partial charge in [-0.25, -0.2) is 4.98 Å². The highest BCUT2D eigenvalue weighted by atomic mass is 79.9. The first kappa shape index (κ1) is 26.3. The second-order valence-electron chi connectivity index (χ2n) is 9.06. The van der Waals surface area contributed by atoms with Gasteiger partial charge in [-0.2, -0.15) is 0 Å². The zero-order valence-corrected chi connectivity index (χ0v) is 23.0. The summed E-state index contributed by atoms with van der Waals surface area (Å²) in [7, 11) is 0. The molecule has 9 heteroatoms. The number of hydrogen-bond acceptors (Lipinski definition) is 6. The van der Waals surface area contributed by atoms with Gasteiger partial charge >= 0.3 is 0 Å². The molecule has 5 rings (SSSR count). The molecule has 0 saturated carbocycles. The molecule has 4 aromatic rings. The van der Waals surface area contributed by atoms with E-state index in [1.807, 2.05) is 36.4 Å². The van der Waals surface area contributed by atoms with Crippen LogP contribution in [0.4, 0.5) is 0 Å². The number of benzene rings is 3. The van der Waals surface area contributed by atoms with E-state index in [0.717, 1.165) is 29.5 Å². The lowest BCUT2D eigenvalue weighted by Gasteiger charge is -2.14. The van der Waals surface area contributed by atoms with E-state index < -0.39 is 0 Å². The summed E-state index contributed by atoms with van der Waals surface area (Å²) in [5.74, 6) is -0.0509. The van der Waals surface area contributed by atoms with Crippen LogP contribution >= 0.6 is 27.7 Å². The molecule has 0 bridgehead atoms. The number of carbonyl (C=O) groups excluding carboxylic acids is 2. The summed E-state index contributed by atoms with van der Waals surface area (Å²) in [6, 6.07) is 21.6. The van der Waals surface area contributed by atoms with E-state index in [2.05, 4.69) is 21.2 Å². The summed E-state index contributed by atoms with van der Waals surface area (Å²) in [6.07, 6.45) is 2.07. The minimum atomic E-state index is -0.174. The summed E-state index contributed by atoms with van der Waals surface area (Å²) in [4.78, 5) is 43.5. The number of rotatable bonds is 9. The van der Waals surface area contributed by atoms with Crippen molar-refractivity contribution in [2.75, 3.05) is 18.9 Å². The Bertz CT molecular complexity index is 1510. The maximum Gasteiger partial charge on any atom is 0.262 e. The van der Waals surface area contributed by atoms with Gasteiger partial charge in [-0.3, -0.25) is 19.0 Å². The van der Waals surface area contributed by atoms with Crippen LogP contribution in [0.25, 0.3) is 10.9 Å². The third kappa shape index (κ3) is 6.23. The van der Waals surface area contributed by atoms with E-state index in [-0.39, 0.29) is 35.7 Å². The van der Waals surface area contributed by atoms with Crippen molar-refractivity contribution < 1.29 is 14.3 Å². The largest absolute Gasteiger partial charge is 0.376 e. The first-order valence-electron chi connectivity index (χ1n) is 12.4. The Labute approximate surface area is 232 Å². The maximum absolute atomic E-state index is 13.4. The molecule has 194 valence electrons. The van der Waals surface area contributed by atoms with Gasteiger partial charge in [-0.15, -0.1) is 0 Å². The Hall–Kier alpha value is -3.27. The van der Waals surface area contributed by atoms with E-state index in [4.69, 9.17) is 9.72 Å². The van der Waals surface area contributed by atoms with Gasteiger partial charge in [0.15, 0.2) is 10.9 Å². The minimum Gasteiger partial charge on any atom is -0.376 e. The zero-order chi connectivity index (χ0) is 26.5. The van der Waals surface area contributed by atoms with Gasteiger partial charge in [-0.05, 0) is 54.8 Å². The minimum absolute atomic E-state index is 0.0465. The number of thioether (sulfide) groups is 1. The van der Waals surface area contributed by atoms with Gasteiger partial charge in [-0.1, -0.05) is 64.1 Å². The van der Waals surface area contributed by atoms with Crippen LogP contribution in [0.3, 0.4) is 0 Å². The lowest BCUT2D eigenvalue weighted by atomic mass is 10.1. The monoisotopic (exact) mass is 591 g/mol. The smallest absolute Gasteiger partial charge is 0.262 e. The lowest BCUT2D eigenvalue weighted by molar-refractivity contribution is 0.0857. The number of nitrogens with one attached hydrogen (secondary N) is 1. The maximum atomic E-state index is 13.4. The average molecular weight is 593 g/mol. The van der Waals surface area contributed by atoms with Gasteiger partial charge in [0.1, 0.15) is 0 Å². The van der Waals surface area contributed by atoms with Gasteiger partial charge in [0.05, 0.1) is 29.3 Å². The molecule has 7 nitrogen and oxygen atoms in total. The van der Waals surface area contributed by atoms with Crippen LogP contribution in [0, 0.1) is 0 Å². The second-order valence-corrected chi connectivity index (χ2v) is 10.9. The van der Waals surface area contributed by atoms with Crippen LogP contribution in [0.2, 0.25) is 0 Å². The molecular formula is C29H26BrN3O4S. The number of para-hydroxylation sites is 1. The standard InChI is InChI=1S/C29H26BrN3O4S/c30-22-13-11-20(12-14-22)26(34)18-38-29-32-25-6-2-1-5-24(25)28(36)33(29)17-19-7-9-21(10-8-19)27(35)31-16-23-4-3-15-37-23/h1-2,5-14,23H,3-4,15-18H2,(H,31,35). The predicted molar refractivity (Wildman–Crippen MR) is 152 cm³/mol. The molecule has 1 fully saturated rings. The molecule has 1 saturated heterocycles. The van der Waals surface area contributed by atoms with Crippen LogP contribution in [-0.2, 0) is 11.3 Å². The normalized spacial score (nSPS) is 15.0.